The zero-order valence-corrected chi connectivity index (χ0v) is 17.5. The molecule has 2 aromatic rings. The second-order valence-corrected chi connectivity index (χ2v) is 7.82. The average molecular weight is 447 g/mol. The van der Waals surface area contributed by atoms with Crippen LogP contribution in [-0.2, 0) is 15.8 Å². The Kier molecular flexibility index (Phi) is 6.25. The molecule has 0 radical (unpaired) electrons. The summed E-state index contributed by atoms with van der Waals surface area (Å²) in [6.07, 6.45) is -3.56. The van der Waals surface area contributed by atoms with Crippen molar-refractivity contribution in [2.75, 3.05) is 49.1 Å². The molecule has 32 heavy (non-hydrogen) atoms. The predicted octanol–water partition coefficient (Wildman–Crippen LogP) is 3.56. The Morgan fingerprint density at radius 1 is 1.00 bits per heavy atom. The van der Waals surface area contributed by atoms with Crippen LogP contribution in [0.2, 0.25) is 0 Å². The number of anilines is 2. The average Bonchev–Trinajstić information content (AvgIpc) is 2.80. The number of fused-ring (bicyclic) bond motifs is 1. The van der Waals surface area contributed by atoms with E-state index in [4.69, 9.17) is 4.74 Å². The molecule has 2 heterocycles. The van der Waals surface area contributed by atoms with Crippen molar-refractivity contribution in [3.05, 3.63) is 54.1 Å². The van der Waals surface area contributed by atoms with E-state index in [1.165, 1.54) is 6.07 Å². The summed E-state index contributed by atoms with van der Waals surface area (Å²) in [4.78, 5) is 30.1. The van der Waals surface area contributed by atoms with Crippen molar-refractivity contribution in [3.63, 3.8) is 0 Å². The van der Waals surface area contributed by atoms with Crippen LogP contribution < -0.4 is 14.5 Å². The summed E-state index contributed by atoms with van der Waals surface area (Å²) in [5.74, 6) is 0.512. The van der Waals surface area contributed by atoms with Crippen LogP contribution in [0.1, 0.15) is 18.4 Å². The number of amides is 2. The van der Waals surface area contributed by atoms with Gasteiger partial charge >= 0.3 is 6.18 Å². The first-order valence-corrected chi connectivity index (χ1v) is 10.5. The van der Waals surface area contributed by atoms with Gasteiger partial charge in [-0.1, -0.05) is 18.2 Å². The Labute approximate surface area is 184 Å². The number of hydrogen-bond acceptors (Lipinski definition) is 4. The van der Waals surface area contributed by atoms with Gasteiger partial charge in [-0.2, -0.15) is 13.2 Å². The van der Waals surface area contributed by atoms with E-state index in [-0.39, 0.29) is 18.4 Å². The van der Waals surface area contributed by atoms with E-state index in [1.54, 1.807) is 15.9 Å². The summed E-state index contributed by atoms with van der Waals surface area (Å²) in [6.45, 7) is 2.27. The first-order valence-electron chi connectivity index (χ1n) is 10.5. The highest BCUT2D eigenvalue weighted by atomic mass is 19.4. The van der Waals surface area contributed by atoms with E-state index >= 15 is 0 Å². The minimum Gasteiger partial charge on any atom is -0.482 e. The smallest absolute Gasteiger partial charge is 0.416 e. The molecule has 6 nitrogen and oxygen atoms in total. The minimum atomic E-state index is -4.38. The molecular formula is C23H24F3N3O3. The van der Waals surface area contributed by atoms with Crippen molar-refractivity contribution in [2.24, 2.45) is 0 Å². The van der Waals surface area contributed by atoms with Crippen LogP contribution in [0.4, 0.5) is 24.5 Å². The second-order valence-electron chi connectivity index (χ2n) is 7.82. The second kappa shape index (κ2) is 9.10. The highest BCUT2D eigenvalue weighted by molar-refractivity contribution is 5.97. The maximum absolute atomic E-state index is 13.0. The third-order valence-corrected chi connectivity index (χ3v) is 5.75. The van der Waals surface area contributed by atoms with Crippen LogP contribution in [0.5, 0.6) is 5.75 Å². The Bertz CT molecular complexity index is 988. The molecule has 1 saturated heterocycles. The van der Waals surface area contributed by atoms with Gasteiger partial charge in [-0.3, -0.25) is 9.59 Å². The molecule has 9 heteroatoms. The van der Waals surface area contributed by atoms with Crippen molar-refractivity contribution in [2.45, 2.75) is 19.0 Å². The van der Waals surface area contributed by atoms with Gasteiger partial charge in [0.25, 0.3) is 5.91 Å². The van der Waals surface area contributed by atoms with Crippen LogP contribution in [0.15, 0.2) is 48.5 Å². The number of halogens is 3. The van der Waals surface area contributed by atoms with E-state index in [1.807, 2.05) is 29.2 Å². The molecule has 0 bridgehead atoms. The van der Waals surface area contributed by atoms with E-state index < -0.39 is 11.7 Å². The summed E-state index contributed by atoms with van der Waals surface area (Å²) in [5.41, 5.74) is 0.551. The number of rotatable bonds is 5. The number of ether oxygens (including phenoxy) is 1. The number of hydrogen-bond donors (Lipinski definition) is 0. The SMILES string of the molecule is O=C(CCCN1C(=O)COc2ccccc21)N1CCN(c2cccc(C(F)(F)F)c2)CC1. The molecule has 170 valence electrons. The zero-order valence-electron chi connectivity index (χ0n) is 17.5. The summed E-state index contributed by atoms with van der Waals surface area (Å²) in [5, 5.41) is 0. The molecule has 2 amide bonds. The van der Waals surface area contributed by atoms with Crippen molar-refractivity contribution < 1.29 is 27.5 Å². The molecule has 0 aromatic heterocycles. The molecule has 0 N–H and O–H groups in total. The normalized spacial score (nSPS) is 16.6. The summed E-state index contributed by atoms with van der Waals surface area (Å²) < 4.78 is 44.3. The van der Waals surface area contributed by atoms with E-state index in [0.29, 0.717) is 62.7 Å². The Balaban J connectivity index is 1.27. The zero-order chi connectivity index (χ0) is 22.7. The van der Waals surface area contributed by atoms with Gasteiger partial charge in [-0.05, 0) is 36.8 Å². The minimum absolute atomic E-state index is 0.0114. The lowest BCUT2D eigenvalue weighted by Gasteiger charge is -2.36. The van der Waals surface area contributed by atoms with Gasteiger partial charge in [-0.15, -0.1) is 0 Å². The van der Waals surface area contributed by atoms with Crippen molar-refractivity contribution in [3.8, 4) is 5.75 Å². The number of nitrogens with zero attached hydrogens (tertiary/aromatic N) is 3. The van der Waals surface area contributed by atoms with E-state index in [9.17, 15) is 22.8 Å². The Morgan fingerprint density at radius 2 is 1.75 bits per heavy atom. The maximum Gasteiger partial charge on any atom is 0.416 e. The largest absolute Gasteiger partial charge is 0.482 e. The number of carbonyl (C=O) groups is 2. The summed E-state index contributed by atoms with van der Waals surface area (Å²) in [7, 11) is 0. The fraction of sp³-hybridized carbons (Fsp3) is 0.391. The predicted molar refractivity (Wildman–Crippen MR) is 114 cm³/mol. The molecule has 0 atom stereocenters. The van der Waals surface area contributed by atoms with Crippen LogP contribution in [0, 0.1) is 0 Å². The van der Waals surface area contributed by atoms with Crippen molar-refractivity contribution >= 4 is 23.2 Å². The van der Waals surface area contributed by atoms with Crippen LogP contribution in [0.25, 0.3) is 0 Å². The molecule has 2 aliphatic heterocycles. The lowest BCUT2D eigenvalue weighted by Crippen LogP contribution is -2.49. The van der Waals surface area contributed by atoms with Gasteiger partial charge in [0.1, 0.15) is 5.75 Å². The van der Waals surface area contributed by atoms with Crippen molar-refractivity contribution in [1.29, 1.82) is 0 Å². The first-order chi connectivity index (χ1) is 15.3. The van der Waals surface area contributed by atoms with Crippen LogP contribution >= 0.6 is 0 Å². The number of para-hydroxylation sites is 2. The molecule has 1 fully saturated rings. The van der Waals surface area contributed by atoms with E-state index in [0.717, 1.165) is 12.1 Å². The first kappa shape index (κ1) is 22.0. The van der Waals surface area contributed by atoms with Crippen LogP contribution in [-0.4, -0.2) is 56.0 Å². The quantitative estimate of drug-likeness (QED) is 0.704. The van der Waals surface area contributed by atoms with E-state index in [2.05, 4.69) is 0 Å². The fourth-order valence-corrected chi connectivity index (χ4v) is 4.04. The van der Waals surface area contributed by atoms with Gasteiger partial charge in [-0.25, -0.2) is 0 Å². The van der Waals surface area contributed by atoms with Gasteiger partial charge in [0.2, 0.25) is 5.91 Å². The fourth-order valence-electron chi connectivity index (χ4n) is 4.04. The van der Waals surface area contributed by atoms with Gasteiger partial charge in [0, 0.05) is 44.8 Å². The number of piperazine rings is 1. The number of alkyl halides is 3. The van der Waals surface area contributed by atoms with Gasteiger partial charge in [0.05, 0.1) is 11.3 Å². The highest BCUT2D eigenvalue weighted by Gasteiger charge is 2.31. The Hall–Kier alpha value is -3.23. The maximum atomic E-state index is 13.0. The Morgan fingerprint density at radius 3 is 2.50 bits per heavy atom. The van der Waals surface area contributed by atoms with Gasteiger partial charge < -0.3 is 19.4 Å². The molecular weight excluding hydrogens is 423 g/mol. The summed E-state index contributed by atoms with van der Waals surface area (Å²) in [6, 6.07) is 12.6. The highest BCUT2D eigenvalue weighted by Crippen LogP contribution is 2.33. The van der Waals surface area contributed by atoms with Crippen LogP contribution in [0.3, 0.4) is 0 Å². The molecule has 0 spiro atoms. The lowest BCUT2D eigenvalue weighted by atomic mass is 10.1. The molecule has 2 aromatic carbocycles. The van der Waals surface area contributed by atoms with Crippen molar-refractivity contribution in [1.82, 2.24) is 4.90 Å². The lowest BCUT2D eigenvalue weighted by molar-refractivity contribution is -0.137. The third kappa shape index (κ3) is 4.81. The molecule has 0 unspecified atom stereocenters. The standard InChI is InChI=1S/C23H24F3N3O3/c24-23(25,26)17-5-3-6-18(15-17)27-11-13-28(14-12-27)21(30)9-4-10-29-19-7-1-2-8-20(19)32-16-22(29)31/h1-3,5-8,15H,4,9-14,16H2. The number of carbonyl (C=O) groups excluding carboxylic acids is 2. The molecule has 2 aliphatic rings. The molecule has 4 rings (SSSR count). The third-order valence-electron chi connectivity index (χ3n) is 5.75. The topological polar surface area (TPSA) is 53.1 Å². The monoisotopic (exact) mass is 447 g/mol. The summed E-state index contributed by atoms with van der Waals surface area (Å²) >= 11 is 0. The molecule has 0 saturated carbocycles. The van der Waals surface area contributed by atoms with Gasteiger partial charge in [0.15, 0.2) is 6.61 Å². The number of benzene rings is 2. The molecule has 0 aliphatic carbocycles.